The van der Waals surface area contributed by atoms with Crippen LogP contribution in [0, 0.1) is 0 Å². The Morgan fingerprint density at radius 1 is 0.897 bits per heavy atom. The Hall–Kier alpha value is -2.16. The van der Waals surface area contributed by atoms with Gasteiger partial charge >= 0.3 is 0 Å². The third-order valence-electron chi connectivity index (χ3n) is 4.71. The number of benzene rings is 2. The van der Waals surface area contributed by atoms with E-state index in [1.807, 2.05) is 36.4 Å². The van der Waals surface area contributed by atoms with Crippen LogP contribution in [0.25, 0.3) is 0 Å². The molecule has 0 radical (unpaired) electrons. The predicted octanol–water partition coefficient (Wildman–Crippen LogP) is 3.97. The van der Waals surface area contributed by atoms with Gasteiger partial charge in [0, 0.05) is 25.6 Å². The molecular weight excluding hydrogens is 481 g/mol. The number of halogens is 1. The van der Waals surface area contributed by atoms with Crippen molar-refractivity contribution >= 4 is 29.9 Å². The molecule has 2 N–H and O–H groups in total. The summed E-state index contributed by atoms with van der Waals surface area (Å²) in [7, 11) is 6.73. The summed E-state index contributed by atoms with van der Waals surface area (Å²) in [5.41, 5.74) is 2.18. The summed E-state index contributed by atoms with van der Waals surface area (Å²) in [6, 6.07) is 14.0. The summed E-state index contributed by atoms with van der Waals surface area (Å²) in [6.07, 6.45) is 0. The number of guanidine groups is 1. The Morgan fingerprint density at radius 2 is 1.55 bits per heavy atom. The highest BCUT2D eigenvalue weighted by molar-refractivity contribution is 14.0. The lowest BCUT2D eigenvalue weighted by atomic mass is 9.84. The first-order valence-electron chi connectivity index (χ1n) is 9.23. The summed E-state index contributed by atoms with van der Waals surface area (Å²) in [6.45, 7) is 5.75. The van der Waals surface area contributed by atoms with E-state index in [4.69, 9.17) is 14.2 Å². The minimum absolute atomic E-state index is 0. The lowest BCUT2D eigenvalue weighted by molar-refractivity contribution is 0.353. The number of hydrogen-bond donors (Lipinski definition) is 2. The molecule has 0 bridgehead atoms. The van der Waals surface area contributed by atoms with Gasteiger partial charge in [0.1, 0.15) is 5.75 Å². The molecule has 0 unspecified atom stereocenters. The average Bonchev–Trinajstić information content (AvgIpc) is 2.73. The first kappa shape index (κ1) is 24.9. The summed E-state index contributed by atoms with van der Waals surface area (Å²) in [5.74, 6) is 3.06. The van der Waals surface area contributed by atoms with Crippen LogP contribution in [0.15, 0.2) is 47.5 Å². The third-order valence-corrected chi connectivity index (χ3v) is 4.71. The molecule has 0 aliphatic carbocycles. The highest BCUT2D eigenvalue weighted by Gasteiger charge is 2.22. The standard InChI is InChI=1S/C22H31N3O3.HI/c1-22(2,17-9-12-19(27-5)20(13-17)28-6)15-25-21(23-3)24-14-16-7-10-18(26-4)11-8-16;/h7-13H,14-15H2,1-6H3,(H2,23,24,25);1H. The van der Waals surface area contributed by atoms with Gasteiger partial charge in [0.15, 0.2) is 17.5 Å². The summed E-state index contributed by atoms with van der Waals surface area (Å²) in [4.78, 5) is 4.32. The molecule has 29 heavy (non-hydrogen) atoms. The number of nitrogens with one attached hydrogen (secondary N) is 2. The van der Waals surface area contributed by atoms with E-state index in [1.54, 1.807) is 28.4 Å². The Morgan fingerprint density at radius 3 is 2.10 bits per heavy atom. The van der Waals surface area contributed by atoms with Gasteiger partial charge < -0.3 is 24.8 Å². The van der Waals surface area contributed by atoms with E-state index in [9.17, 15) is 0 Å². The lowest BCUT2D eigenvalue weighted by Gasteiger charge is -2.27. The van der Waals surface area contributed by atoms with Crippen LogP contribution in [-0.2, 0) is 12.0 Å². The van der Waals surface area contributed by atoms with Crippen molar-refractivity contribution in [3.05, 3.63) is 53.6 Å². The van der Waals surface area contributed by atoms with Gasteiger partial charge in [-0.15, -0.1) is 24.0 Å². The van der Waals surface area contributed by atoms with Crippen LogP contribution in [0.2, 0.25) is 0 Å². The van der Waals surface area contributed by atoms with Crippen LogP contribution in [0.3, 0.4) is 0 Å². The van der Waals surface area contributed by atoms with E-state index in [0.717, 1.165) is 34.3 Å². The molecule has 0 saturated heterocycles. The Labute approximate surface area is 191 Å². The lowest BCUT2D eigenvalue weighted by Crippen LogP contribution is -2.43. The zero-order chi connectivity index (χ0) is 20.6. The van der Waals surface area contributed by atoms with Crippen molar-refractivity contribution in [1.82, 2.24) is 10.6 Å². The SMILES string of the molecule is CN=C(NCc1ccc(OC)cc1)NCC(C)(C)c1ccc(OC)c(OC)c1.I. The average molecular weight is 513 g/mol. The van der Waals surface area contributed by atoms with Crippen molar-refractivity contribution in [3.63, 3.8) is 0 Å². The minimum atomic E-state index is -0.128. The molecule has 160 valence electrons. The van der Waals surface area contributed by atoms with Crippen molar-refractivity contribution in [2.75, 3.05) is 34.9 Å². The maximum atomic E-state index is 5.43. The summed E-state index contributed by atoms with van der Waals surface area (Å²) in [5, 5.41) is 6.75. The van der Waals surface area contributed by atoms with Gasteiger partial charge in [-0.3, -0.25) is 4.99 Å². The van der Waals surface area contributed by atoms with Crippen LogP contribution in [0.5, 0.6) is 17.2 Å². The monoisotopic (exact) mass is 513 g/mol. The molecule has 2 aromatic rings. The molecule has 0 amide bonds. The fourth-order valence-corrected chi connectivity index (χ4v) is 2.81. The van der Waals surface area contributed by atoms with Crippen LogP contribution >= 0.6 is 24.0 Å². The van der Waals surface area contributed by atoms with E-state index < -0.39 is 0 Å². The van der Waals surface area contributed by atoms with Crippen LogP contribution in [0.1, 0.15) is 25.0 Å². The minimum Gasteiger partial charge on any atom is -0.497 e. The number of rotatable bonds is 8. The fraction of sp³-hybridized carbons (Fsp3) is 0.409. The molecule has 7 heteroatoms. The number of hydrogen-bond acceptors (Lipinski definition) is 4. The molecule has 0 heterocycles. The highest BCUT2D eigenvalue weighted by atomic mass is 127. The van der Waals surface area contributed by atoms with Crippen molar-refractivity contribution in [1.29, 1.82) is 0 Å². The maximum absolute atomic E-state index is 5.43. The second-order valence-electron chi connectivity index (χ2n) is 7.08. The van der Waals surface area contributed by atoms with Crippen LogP contribution in [0.4, 0.5) is 0 Å². The van der Waals surface area contributed by atoms with E-state index in [0.29, 0.717) is 13.1 Å². The largest absolute Gasteiger partial charge is 0.497 e. The Bertz CT molecular complexity index is 792. The second kappa shape index (κ2) is 11.7. The molecule has 6 nitrogen and oxygen atoms in total. The summed E-state index contributed by atoms with van der Waals surface area (Å²) < 4.78 is 16.0. The topological polar surface area (TPSA) is 64.1 Å². The van der Waals surface area contributed by atoms with Crippen molar-refractivity contribution < 1.29 is 14.2 Å². The zero-order valence-corrected chi connectivity index (χ0v) is 20.4. The van der Waals surface area contributed by atoms with E-state index in [2.05, 4.69) is 35.5 Å². The Kier molecular flexibility index (Phi) is 10.1. The van der Waals surface area contributed by atoms with E-state index >= 15 is 0 Å². The number of methoxy groups -OCH3 is 3. The maximum Gasteiger partial charge on any atom is 0.191 e. The van der Waals surface area contributed by atoms with Crippen LogP contribution < -0.4 is 24.8 Å². The van der Waals surface area contributed by atoms with Crippen LogP contribution in [-0.4, -0.2) is 40.9 Å². The molecular formula is C22H32IN3O3. The molecule has 2 aromatic carbocycles. The molecule has 0 spiro atoms. The molecule has 0 aliphatic rings. The second-order valence-corrected chi connectivity index (χ2v) is 7.08. The van der Waals surface area contributed by atoms with Gasteiger partial charge in [0.25, 0.3) is 0 Å². The zero-order valence-electron chi connectivity index (χ0n) is 18.0. The van der Waals surface area contributed by atoms with Gasteiger partial charge in [0.05, 0.1) is 21.3 Å². The highest BCUT2D eigenvalue weighted by Crippen LogP contribution is 2.32. The molecule has 0 atom stereocenters. The van der Waals surface area contributed by atoms with Crippen molar-refractivity contribution in [2.24, 2.45) is 4.99 Å². The molecule has 0 aliphatic heterocycles. The summed E-state index contributed by atoms with van der Waals surface area (Å²) >= 11 is 0. The van der Waals surface area contributed by atoms with Gasteiger partial charge in [-0.05, 0) is 35.4 Å². The molecule has 2 rings (SSSR count). The third kappa shape index (κ3) is 6.99. The van der Waals surface area contributed by atoms with Gasteiger partial charge in [-0.1, -0.05) is 32.0 Å². The number of aliphatic imine (C=N–C) groups is 1. The van der Waals surface area contributed by atoms with Gasteiger partial charge in [0.2, 0.25) is 0 Å². The predicted molar refractivity (Wildman–Crippen MR) is 129 cm³/mol. The first-order chi connectivity index (χ1) is 13.4. The first-order valence-corrected chi connectivity index (χ1v) is 9.23. The van der Waals surface area contributed by atoms with Gasteiger partial charge in [-0.2, -0.15) is 0 Å². The molecule has 0 saturated carbocycles. The van der Waals surface area contributed by atoms with Crippen molar-refractivity contribution in [2.45, 2.75) is 25.8 Å². The number of nitrogens with zero attached hydrogens (tertiary/aromatic N) is 1. The van der Waals surface area contributed by atoms with E-state index in [-0.39, 0.29) is 29.4 Å². The van der Waals surface area contributed by atoms with Gasteiger partial charge in [-0.25, -0.2) is 0 Å². The normalized spacial score (nSPS) is 11.3. The van der Waals surface area contributed by atoms with Crippen molar-refractivity contribution in [3.8, 4) is 17.2 Å². The quantitative estimate of drug-likeness (QED) is 0.318. The Balaban J connectivity index is 0.00000420. The van der Waals surface area contributed by atoms with E-state index in [1.165, 1.54) is 0 Å². The molecule has 0 aromatic heterocycles. The molecule has 0 fully saturated rings. The fourth-order valence-electron chi connectivity index (χ4n) is 2.81. The smallest absolute Gasteiger partial charge is 0.191 e. The number of ether oxygens (including phenoxy) is 3.